The summed E-state index contributed by atoms with van der Waals surface area (Å²) in [5.41, 5.74) is 8.92. The first-order valence-corrected chi connectivity index (χ1v) is 18.4. The second-order valence-electron chi connectivity index (χ2n) is 13.4. The van der Waals surface area contributed by atoms with Crippen molar-refractivity contribution in [3.63, 3.8) is 0 Å². The van der Waals surface area contributed by atoms with E-state index in [1.165, 1.54) is 0 Å². The Morgan fingerprint density at radius 2 is 0.807 bits per heavy atom. The van der Waals surface area contributed by atoms with E-state index in [0.29, 0.717) is 51.7 Å². The number of aromatic nitrogens is 6. The fourth-order valence-electron chi connectivity index (χ4n) is 7.06. The van der Waals surface area contributed by atoms with Crippen molar-refractivity contribution in [2.24, 2.45) is 0 Å². The molecule has 266 valence electrons. The molecule has 10 rings (SSSR count). The second-order valence-corrected chi connectivity index (χ2v) is 13.4. The van der Waals surface area contributed by atoms with Crippen LogP contribution < -0.4 is 0 Å². The summed E-state index contributed by atoms with van der Waals surface area (Å²) in [6.07, 6.45) is 0. The van der Waals surface area contributed by atoms with Crippen molar-refractivity contribution in [2.75, 3.05) is 0 Å². The summed E-state index contributed by atoms with van der Waals surface area (Å²) in [6, 6.07) is 59.6. The van der Waals surface area contributed by atoms with E-state index in [1.54, 1.807) is 6.07 Å². The van der Waals surface area contributed by atoms with Crippen LogP contribution in [0.1, 0.15) is 5.56 Å². The first kappa shape index (κ1) is 33.4. The fourth-order valence-corrected chi connectivity index (χ4v) is 7.06. The van der Waals surface area contributed by atoms with Gasteiger partial charge in [0.1, 0.15) is 11.2 Å². The summed E-state index contributed by atoms with van der Waals surface area (Å²) in [4.78, 5) is 30.0. The standard InChI is InChI=1S/C49H29N7O/c50-30-31-13-10-20-37(29-31)32-25-27-36(28-26-32)47-52-46(35-18-8-3-9-19-35)55-49(56-47)40-23-11-21-38-42-39(22-12-24-41(42)57-43(38)40)48-53-44(33-14-4-1-5-15-33)51-45(54-48)34-16-6-2-7-17-34/h1-29H. The maximum atomic E-state index is 9.43. The molecule has 0 aliphatic heterocycles. The molecule has 0 unspecified atom stereocenters. The van der Waals surface area contributed by atoms with Crippen molar-refractivity contribution >= 4 is 21.9 Å². The lowest BCUT2D eigenvalue weighted by molar-refractivity contribution is 0.669. The van der Waals surface area contributed by atoms with Crippen molar-refractivity contribution in [1.82, 2.24) is 29.9 Å². The number of benzene rings is 7. The first-order valence-electron chi connectivity index (χ1n) is 18.4. The molecule has 0 fully saturated rings. The molecule has 0 amide bonds. The zero-order chi connectivity index (χ0) is 38.1. The molecular formula is C49H29N7O. The third-order valence-corrected chi connectivity index (χ3v) is 9.84. The number of furan rings is 1. The van der Waals surface area contributed by atoms with E-state index in [0.717, 1.165) is 55.3 Å². The van der Waals surface area contributed by atoms with Gasteiger partial charge in [-0.25, -0.2) is 29.9 Å². The Kier molecular flexibility index (Phi) is 8.36. The monoisotopic (exact) mass is 731 g/mol. The van der Waals surface area contributed by atoms with Gasteiger partial charge >= 0.3 is 0 Å². The number of nitrogens with zero attached hydrogens (tertiary/aromatic N) is 7. The summed E-state index contributed by atoms with van der Waals surface area (Å²) in [5.74, 6) is 3.26. The van der Waals surface area contributed by atoms with E-state index >= 15 is 0 Å². The van der Waals surface area contributed by atoms with E-state index in [1.807, 2.05) is 170 Å². The van der Waals surface area contributed by atoms with Crippen LogP contribution in [0.5, 0.6) is 0 Å². The highest BCUT2D eigenvalue weighted by atomic mass is 16.3. The lowest BCUT2D eigenvalue weighted by Crippen LogP contribution is -2.00. The number of para-hydroxylation sites is 1. The highest BCUT2D eigenvalue weighted by molar-refractivity contribution is 6.14. The molecule has 0 N–H and O–H groups in total. The van der Waals surface area contributed by atoms with Gasteiger partial charge < -0.3 is 4.42 Å². The van der Waals surface area contributed by atoms with Crippen LogP contribution in [-0.2, 0) is 0 Å². The second kappa shape index (κ2) is 14.3. The molecule has 0 aliphatic rings. The molecule has 57 heavy (non-hydrogen) atoms. The van der Waals surface area contributed by atoms with Crippen molar-refractivity contribution in [3.8, 4) is 85.5 Å². The van der Waals surface area contributed by atoms with E-state index in [-0.39, 0.29) is 0 Å². The van der Waals surface area contributed by atoms with E-state index < -0.39 is 0 Å². The van der Waals surface area contributed by atoms with Crippen LogP contribution in [0.3, 0.4) is 0 Å². The molecule has 0 atom stereocenters. The van der Waals surface area contributed by atoms with Crippen molar-refractivity contribution in [1.29, 1.82) is 5.26 Å². The fraction of sp³-hybridized carbons (Fsp3) is 0. The van der Waals surface area contributed by atoms with Crippen molar-refractivity contribution in [2.45, 2.75) is 0 Å². The molecule has 0 saturated carbocycles. The third kappa shape index (κ3) is 6.35. The highest BCUT2D eigenvalue weighted by Crippen LogP contribution is 2.40. The van der Waals surface area contributed by atoms with Gasteiger partial charge in [0, 0.05) is 38.6 Å². The van der Waals surface area contributed by atoms with E-state index in [9.17, 15) is 5.26 Å². The van der Waals surface area contributed by atoms with Gasteiger partial charge in [-0.15, -0.1) is 0 Å². The third-order valence-electron chi connectivity index (χ3n) is 9.84. The summed E-state index contributed by atoms with van der Waals surface area (Å²) in [5, 5.41) is 11.2. The molecule has 0 saturated heterocycles. The Labute approximate surface area is 327 Å². The Morgan fingerprint density at radius 1 is 0.368 bits per heavy atom. The van der Waals surface area contributed by atoms with Gasteiger partial charge in [-0.1, -0.05) is 152 Å². The highest BCUT2D eigenvalue weighted by Gasteiger charge is 2.21. The minimum absolute atomic E-state index is 0.480. The normalized spacial score (nSPS) is 11.1. The molecule has 10 aromatic rings. The Hall–Kier alpha value is -8.15. The van der Waals surface area contributed by atoms with Crippen molar-refractivity contribution in [3.05, 3.63) is 181 Å². The van der Waals surface area contributed by atoms with Gasteiger partial charge in [-0.3, -0.25) is 0 Å². The van der Waals surface area contributed by atoms with Gasteiger partial charge in [0.15, 0.2) is 34.9 Å². The molecule has 3 heterocycles. The van der Waals surface area contributed by atoms with Crippen LogP contribution in [0, 0.1) is 11.3 Å². The molecule has 0 aliphatic carbocycles. The predicted molar refractivity (Wildman–Crippen MR) is 223 cm³/mol. The molecule has 8 nitrogen and oxygen atoms in total. The van der Waals surface area contributed by atoms with Gasteiger partial charge in [0.05, 0.1) is 17.2 Å². The van der Waals surface area contributed by atoms with Gasteiger partial charge in [0.25, 0.3) is 0 Å². The Morgan fingerprint density at radius 3 is 1.37 bits per heavy atom. The van der Waals surface area contributed by atoms with E-state index in [2.05, 4.69) is 6.07 Å². The average molecular weight is 732 g/mol. The largest absolute Gasteiger partial charge is 0.455 e. The van der Waals surface area contributed by atoms with E-state index in [4.69, 9.17) is 34.3 Å². The number of hydrogen-bond acceptors (Lipinski definition) is 8. The summed E-state index contributed by atoms with van der Waals surface area (Å²) in [6.45, 7) is 0. The summed E-state index contributed by atoms with van der Waals surface area (Å²) < 4.78 is 6.71. The van der Waals surface area contributed by atoms with Gasteiger partial charge in [0.2, 0.25) is 0 Å². The van der Waals surface area contributed by atoms with Gasteiger partial charge in [-0.05, 0) is 35.4 Å². The molecule has 0 radical (unpaired) electrons. The SMILES string of the molecule is N#Cc1cccc(-c2ccc(-c3nc(-c4ccccc4)nc(-c4cccc5c4oc4cccc(-c6nc(-c7ccccc7)nc(-c7ccccc7)n6)c45)n3)cc2)c1. The number of hydrogen-bond donors (Lipinski definition) is 0. The number of nitriles is 1. The molecule has 7 aromatic carbocycles. The minimum Gasteiger partial charge on any atom is -0.455 e. The summed E-state index contributed by atoms with van der Waals surface area (Å²) in [7, 11) is 0. The van der Waals surface area contributed by atoms with Crippen molar-refractivity contribution < 1.29 is 4.42 Å². The topological polar surface area (TPSA) is 114 Å². The van der Waals surface area contributed by atoms with Crippen LogP contribution in [0.4, 0.5) is 0 Å². The quantitative estimate of drug-likeness (QED) is 0.159. The van der Waals surface area contributed by atoms with Crippen LogP contribution in [0.25, 0.3) is 101 Å². The maximum absolute atomic E-state index is 9.43. The van der Waals surface area contributed by atoms with Gasteiger partial charge in [-0.2, -0.15) is 5.26 Å². The lowest BCUT2D eigenvalue weighted by atomic mass is 10.0. The molecule has 0 bridgehead atoms. The first-order chi connectivity index (χ1) is 28.2. The smallest absolute Gasteiger partial charge is 0.167 e. The zero-order valence-corrected chi connectivity index (χ0v) is 30.3. The Balaban J connectivity index is 1.13. The Bertz CT molecular complexity index is 3060. The number of rotatable bonds is 7. The zero-order valence-electron chi connectivity index (χ0n) is 30.3. The van der Waals surface area contributed by atoms with Crippen LogP contribution in [0.15, 0.2) is 180 Å². The van der Waals surface area contributed by atoms with Crippen LogP contribution in [-0.4, -0.2) is 29.9 Å². The predicted octanol–water partition coefficient (Wildman–Crippen LogP) is 11.5. The number of fused-ring (bicyclic) bond motifs is 3. The molecule has 0 spiro atoms. The molecule has 8 heteroatoms. The molecular weight excluding hydrogens is 703 g/mol. The average Bonchev–Trinajstić information content (AvgIpc) is 3.69. The summed E-state index contributed by atoms with van der Waals surface area (Å²) >= 11 is 0. The minimum atomic E-state index is 0.480. The van der Waals surface area contributed by atoms with Crippen LogP contribution in [0.2, 0.25) is 0 Å². The molecule has 3 aromatic heterocycles. The van der Waals surface area contributed by atoms with Crippen LogP contribution >= 0.6 is 0 Å². The maximum Gasteiger partial charge on any atom is 0.167 e. The lowest BCUT2D eigenvalue weighted by Gasteiger charge is -2.10.